The Labute approximate surface area is 214 Å². The van der Waals surface area contributed by atoms with E-state index in [1.54, 1.807) is 50.4 Å². The monoisotopic (exact) mass is 485 g/mol. The number of nitriles is 1. The van der Waals surface area contributed by atoms with Crippen molar-refractivity contribution in [3.05, 3.63) is 101 Å². The van der Waals surface area contributed by atoms with E-state index in [9.17, 15) is 20.3 Å². The second-order valence-corrected chi connectivity index (χ2v) is 10.1. The molecule has 3 aromatic carbocycles. The highest BCUT2D eigenvalue weighted by Crippen LogP contribution is 2.38. The second-order valence-electron chi connectivity index (χ2n) is 10.1. The zero-order valence-electron chi connectivity index (χ0n) is 21.5. The fourth-order valence-corrected chi connectivity index (χ4v) is 4.70. The van der Waals surface area contributed by atoms with Gasteiger partial charge in [-0.25, -0.2) is 0 Å². The van der Waals surface area contributed by atoms with Crippen molar-refractivity contribution in [1.29, 1.82) is 5.26 Å². The Balaban J connectivity index is 1.87. The molecule has 3 aromatic rings. The number of carbonyl (C=O) groups is 1. The Bertz CT molecular complexity index is 1190. The molecule has 188 valence electrons. The van der Waals surface area contributed by atoms with Crippen molar-refractivity contribution < 1.29 is 19.7 Å². The first-order valence-electron chi connectivity index (χ1n) is 12.3. The highest BCUT2D eigenvalue weighted by Gasteiger charge is 2.37. The van der Waals surface area contributed by atoms with Gasteiger partial charge < -0.3 is 14.9 Å². The molecular formula is C31H35NO4. The summed E-state index contributed by atoms with van der Waals surface area (Å²) in [5, 5.41) is 31.3. The van der Waals surface area contributed by atoms with Crippen molar-refractivity contribution in [2.24, 2.45) is 5.92 Å². The van der Waals surface area contributed by atoms with Crippen LogP contribution in [0.2, 0.25) is 0 Å². The van der Waals surface area contributed by atoms with Crippen LogP contribution in [-0.2, 0) is 22.2 Å². The summed E-state index contributed by atoms with van der Waals surface area (Å²) in [7, 11) is 1.59. The van der Waals surface area contributed by atoms with Gasteiger partial charge in [0.2, 0.25) is 0 Å². The molecule has 0 saturated carbocycles. The summed E-state index contributed by atoms with van der Waals surface area (Å²) >= 11 is 0. The van der Waals surface area contributed by atoms with E-state index in [1.807, 2.05) is 36.4 Å². The van der Waals surface area contributed by atoms with E-state index in [1.165, 1.54) is 5.56 Å². The van der Waals surface area contributed by atoms with Crippen molar-refractivity contribution in [3.8, 4) is 11.8 Å². The summed E-state index contributed by atoms with van der Waals surface area (Å²) in [5.74, 6) is 0.324. The van der Waals surface area contributed by atoms with E-state index in [4.69, 9.17) is 4.74 Å². The Kier molecular flexibility index (Phi) is 8.55. The largest absolute Gasteiger partial charge is 0.497 e. The van der Waals surface area contributed by atoms with Crippen LogP contribution in [0.3, 0.4) is 0 Å². The number of rotatable bonds is 11. The molecule has 2 unspecified atom stereocenters. The first-order chi connectivity index (χ1) is 17.1. The third-order valence-electron chi connectivity index (χ3n) is 6.98. The highest BCUT2D eigenvalue weighted by atomic mass is 16.5. The van der Waals surface area contributed by atoms with Crippen molar-refractivity contribution in [2.75, 3.05) is 7.11 Å². The van der Waals surface area contributed by atoms with E-state index >= 15 is 0 Å². The fourth-order valence-electron chi connectivity index (χ4n) is 4.70. The fraction of sp³-hybridized carbons (Fsp3) is 0.355. The molecule has 0 amide bonds. The molecule has 0 spiro atoms. The normalized spacial score (nSPS) is 14.5. The quantitative estimate of drug-likeness (QED) is 0.337. The van der Waals surface area contributed by atoms with Crippen LogP contribution in [0.25, 0.3) is 0 Å². The van der Waals surface area contributed by atoms with Crippen LogP contribution in [0.5, 0.6) is 5.75 Å². The smallest absolute Gasteiger partial charge is 0.313 e. The summed E-state index contributed by atoms with van der Waals surface area (Å²) in [6.45, 7) is 6.07. The lowest BCUT2D eigenvalue weighted by Crippen LogP contribution is -2.34. The number of benzene rings is 3. The van der Waals surface area contributed by atoms with Gasteiger partial charge >= 0.3 is 5.97 Å². The number of ether oxygens (including phenoxy) is 1. The summed E-state index contributed by atoms with van der Waals surface area (Å²) in [4.78, 5) is 12.4. The van der Waals surface area contributed by atoms with Crippen molar-refractivity contribution in [3.63, 3.8) is 0 Å². The Morgan fingerprint density at radius 3 is 1.92 bits per heavy atom. The van der Waals surface area contributed by atoms with Crippen LogP contribution in [-0.4, -0.2) is 23.3 Å². The maximum atomic E-state index is 12.4. The number of nitrogens with zero attached hydrogens (tertiary/aromatic N) is 1. The van der Waals surface area contributed by atoms with Gasteiger partial charge in [-0.2, -0.15) is 5.26 Å². The van der Waals surface area contributed by atoms with Gasteiger partial charge in [0.25, 0.3) is 0 Å². The number of aliphatic carboxylic acids is 1. The third-order valence-corrected chi connectivity index (χ3v) is 6.98. The van der Waals surface area contributed by atoms with E-state index in [0.717, 1.165) is 12.0 Å². The minimum Gasteiger partial charge on any atom is -0.497 e. The molecule has 0 bridgehead atoms. The molecule has 2 N–H and O–H groups in total. The minimum atomic E-state index is -1.35. The van der Waals surface area contributed by atoms with E-state index in [-0.39, 0.29) is 0 Å². The first kappa shape index (κ1) is 27.0. The number of carboxylic acids is 1. The summed E-state index contributed by atoms with van der Waals surface area (Å²) < 4.78 is 5.27. The summed E-state index contributed by atoms with van der Waals surface area (Å²) in [6, 6.07) is 24.1. The molecule has 2 atom stereocenters. The van der Waals surface area contributed by atoms with E-state index in [0.29, 0.717) is 47.6 Å². The van der Waals surface area contributed by atoms with Gasteiger partial charge in [0.15, 0.2) is 0 Å². The zero-order chi connectivity index (χ0) is 26.3. The average Bonchev–Trinajstić information content (AvgIpc) is 2.88. The van der Waals surface area contributed by atoms with Gasteiger partial charge in [0, 0.05) is 0 Å². The molecule has 5 nitrogen and oxygen atoms in total. The molecule has 0 aliphatic carbocycles. The summed E-state index contributed by atoms with van der Waals surface area (Å²) in [6.07, 6.45) is 2.10. The van der Waals surface area contributed by atoms with Crippen molar-refractivity contribution in [2.45, 2.75) is 57.5 Å². The highest BCUT2D eigenvalue weighted by molar-refractivity contribution is 5.80. The molecule has 0 heterocycles. The second kappa shape index (κ2) is 11.4. The van der Waals surface area contributed by atoms with Gasteiger partial charge in [-0.05, 0) is 85.0 Å². The SMILES string of the molecule is COc1ccc(C(O)(CCCC(C)(C(=O)O)c2ccc(CC(C)C)cc2)c2ccc(C#N)cc2)cc1. The third kappa shape index (κ3) is 5.95. The molecular weight excluding hydrogens is 450 g/mol. The zero-order valence-corrected chi connectivity index (χ0v) is 21.5. The molecule has 0 saturated heterocycles. The predicted molar refractivity (Wildman–Crippen MR) is 141 cm³/mol. The standard InChI is InChI=1S/C31H35NO4/c1-22(2)20-23-6-10-25(11-7-23)30(3,29(33)34)18-5-19-31(35,26-12-8-24(21-32)9-13-26)27-14-16-28(36-4)17-15-27/h6-17,22,35H,5,18-20H2,1-4H3,(H,33,34). The number of carboxylic acid groups (broad SMARTS) is 1. The van der Waals surface area contributed by atoms with Gasteiger partial charge in [0.05, 0.1) is 24.2 Å². The lowest BCUT2D eigenvalue weighted by Gasteiger charge is -2.32. The van der Waals surface area contributed by atoms with Crippen LogP contribution in [0.15, 0.2) is 72.8 Å². The molecule has 36 heavy (non-hydrogen) atoms. The van der Waals surface area contributed by atoms with Gasteiger partial charge in [-0.1, -0.05) is 62.4 Å². The van der Waals surface area contributed by atoms with Crippen LogP contribution in [0.4, 0.5) is 0 Å². The number of aliphatic hydroxyl groups is 1. The molecule has 0 fully saturated rings. The summed E-state index contributed by atoms with van der Waals surface area (Å²) in [5.41, 5.74) is 1.37. The van der Waals surface area contributed by atoms with Crippen molar-refractivity contribution >= 4 is 5.97 Å². The number of methoxy groups -OCH3 is 1. The molecule has 5 heteroatoms. The Hall–Kier alpha value is -3.62. The lowest BCUT2D eigenvalue weighted by atomic mass is 9.75. The molecule has 0 aliphatic rings. The van der Waals surface area contributed by atoms with Crippen LogP contribution in [0, 0.1) is 17.2 Å². The number of hydrogen-bond acceptors (Lipinski definition) is 4. The lowest BCUT2D eigenvalue weighted by molar-refractivity contribution is -0.143. The molecule has 0 radical (unpaired) electrons. The maximum absolute atomic E-state index is 12.4. The van der Waals surface area contributed by atoms with Crippen LogP contribution in [0.1, 0.15) is 67.9 Å². The molecule has 3 rings (SSSR count). The van der Waals surface area contributed by atoms with Gasteiger partial charge in [0.1, 0.15) is 11.4 Å². The van der Waals surface area contributed by atoms with Gasteiger partial charge in [-0.3, -0.25) is 4.79 Å². The van der Waals surface area contributed by atoms with Crippen LogP contribution >= 0.6 is 0 Å². The maximum Gasteiger partial charge on any atom is 0.313 e. The predicted octanol–water partition coefficient (Wildman–Crippen LogP) is 6.21. The van der Waals surface area contributed by atoms with Crippen LogP contribution < -0.4 is 4.74 Å². The van der Waals surface area contributed by atoms with E-state index < -0.39 is 17.0 Å². The van der Waals surface area contributed by atoms with Crippen molar-refractivity contribution in [1.82, 2.24) is 0 Å². The molecule has 0 aromatic heterocycles. The Morgan fingerprint density at radius 1 is 0.917 bits per heavy atom. The van der Waals surface area contributed by atoms with Gasteiger partial charge in [-0.15, -0.1) is 0 Å². The average molecular weight is 486 g/mol. The van der Waals surface area contributed by atoms with E-state index in [2.05, 4.69) is 19.9 Å². The first-order valence-corrected chi connectivity index (χ1v) is 12.3. The number of hydrogen-bond donors (Lipinski definition) is 2. The topological polar surface area (TPSA) is 90.6 Å². The minimum absolute atomic E-state index is 0.319. The Morgan fingerprint density at radius 2 is 1.44 bits per heavy atom. The molecule has 0 aliphatic heterocycles.